The molecule has 0 aromatic carbocycles. The van der Waals surface area contributed by atoms with E-state index in [9.17, 15) is 4.91 Å². The number of hydrogen-bond donors (Lipinski definition) is 0. The van der Waals surface area contributed by atoms with Crippen molar-refractivity contribution < 1.29 is 0 Å². The van der Waals surface area contributed by atoms with Crippen LogP contribution in [0.1, 0.15) is 19.3 Å². The molecule has 2 heteroatoms. The zero-order chi connectivity index (χ0) is 5.56. The SMILES string of the molecule is O=NC1CCC2CC21. The molecule has 2 saturated carbocycles. The highest BCUT2D eigenvalue weighted by Crippen LogP contribution is 2.52. The average Bonchev–Trinajstić information content (AvgIpc) is 2.46. The quantitative estimate of drug-likeness (QED) is 0.472. The largest absolute Gasteiger partial charge is 0.151 e. The Labute approximate surface area is 48.2 Å². The molecule has 0 bridgehead atoms. The van der Waals surface area contributed by atoms with Gasteiger partial charge in [-0.15, -0.1) is 0 Å². The molecule has 2 rings (SSSR count). The van der Waals surface area contributed by atoms with Gasteiger partial charge in [0.05, 0.1) is 6.04 Å². The van der Waals surface area contributed by atoms with Gasteiger partial charge in [0.25, 0.3) is 0 Å². The number of nitroso groups, excluding NO2 is 1. The molecule has 0 radical (unpaired) electrons. The normalized spacial score (nSPS) is 50.8. The molecule has 2 nitrogen and oxygen atoms in total. The smallest absolute Gasteiger partial charge is 0.0950 e. The van der Waals surface area contributed by atoms with Gasteiger partial charge >= 0.3 is 0 Å². The number of fused-ring (bicyclic) bond motifs is 1. The van der Waals surface area contributed by atoms with Crippen molar-refractivity contribution in [1.29, 1.82) is 0 Å². The molecule has 0 N–H and O–H groups in total. The van der Waals surface area contributed by atoms with E-state index in [0.29, 0.717) is 5.92 Å². The van der Waals surface area contributed by atoms with Crippen LogP contribution >= 0.6 is 0 Å². The van der Waals surface area contributed by atoms with Crippen molar-refractivity contribution in [3.05, 3.63) is 4.91 Å². The minimum Gasteiger partial charge on any atom is -0.151 e. The molecule has 2 fully saturated rings. The van der Waals surface area contributed by atoms with E-state index in [0.717, 1.165) is 12.3 Å². The molecule has 0 heterocycles. The summed E-state index contributed by atoms with van der Waals surface area (Å²) >= 11 is 0. The lowest BCUT2D eigenvalue weighted by Gasteiger charge is -1.95. The van der Waals surface area contributed by atoms with E-state index < -0.39 is 0 Å². The standard InChI is InChI=1S/C6H9NO/c8-7-6-2-1-4-3-5(4)6/h4-6H,1-3H2. The van der Waals surface area contributed by atoms with Crippen LogP contribution in [-0.4, -0.2) is 6.04 Å². The van der Waals surface area contributed by atoms with E-state index in [-0.39, 0.29) is 6.04 Å². The molecule has 2 aliphatic carbocycles. The highest BCUT2D eigenvalue weighted by Gasteiger charge is 2.48. The van der Waals surface area contributed by atoms with Crippen LogP contribution in [0.15, 0.2) is 5.18 Å². The first-order chi connectivity index (χ1) is 3.92. The lowest BCUT2D eigenvalue weighted by atomic mass is 10.2. The monoisotopic (exact) mass is 111 g/mol. The zero-order valence-corrected chi connectivity index (χ0v) is 4.71. The van der Waals surface area contributed by atoms with E-state index in [2.05, 4.69) is 5.18 Å². The summed E-state index contributed by atoms with van der Waals surface area (Å²) in [5, 5.41) is 3.06. The van der Waals surface area contributed by atoms with Crippen molar-refractivity contribution in [3.63, 3.8) is 0 Å². The Bertz CT molecular complexity index is 124. The molecule has 0 amide bonds. The molecule has 0 spiro atoms. The second-order valence-corrected chi connectivity index (χ2v) is 2.91. The van der Waals surface area contributed by atoms with Gasteiger partial charge in [0, 0.05) is 0 Å². The molecule has 0 aliphatic heterocycles. The second-order valence-electron chi connectivity index (χ2n) is 2.91. The van der Waals surface area contributed by atoms with E-state index in [1.54, 1.807) is 0 Å². The molecule has 3 unspecified atom stereocenters. The fourth-order valence-electron chi connectivity index (χ4n) is 1.80. The fraction of sp³-hybridized carbons (Fsp3) is 1.00. The van der Waals surface area contributed by atoms with Gasteiger partial charge in [-0.25, -0.2) is 0 Å². The van der Waals surface area contributed by atoms with Crippen molar-refractivity contribution in [2.75, 3.05) is 0 Å². The lowest BCUT2D eigenvalue weighted by Crippen LogP contribution is -1.99. The third-order valence-corrected chi connectivity index (χ3v) is 2.44. The predicted octanol–water partition coefficient (Wildman–Crippen LogP) is 1.55. The van der Waals surface area contributed by atoms with Crippen molar-refractivity contribution in [1.82, 2.24) is 0 Å². The van der Waals surface area contributed by atoms with Crippen LogP contribution in [0, 0.1) is 16.7 Å². The topological polar surface area (TPSA) is 29.4 Å². The Morgan fingerprint density at radius 1 is 1.38 bits per heavy atom. The summed E-state index contributed by atoms with van der Waals surface area (Å²) in [7, 11) is 0. The van der Waals surface area contributed by atoms with Crippen LogP contribution < -0.4 is 0 Å². The van der Waals surface area contributed by atoms with Gasteiger partial charge in [-0.2, -0.15) is 4.91 Å². The minimum atomic E-state index is 0.208. The van der Waals surface area contributed by atoms with E-state index in [1.165, 1.54) is 12.8 Å². The molecule has 2 aliphatic rings. The van der Waals surface area contributed by atoms with Crippen molar-refractivity contribution in [2.45, 2.75) is 25.3 Å². The molecule has 0 saturated heterocycles. The first-order valence-electron chi connectivity index (χ1n) is 3.24. The third kappa shape index (κ3) is 0.430. The summed E-state index contributed by atoms with van der Waals surface area (Å²) < 4.78 is 0. The Kier molecular flexibility index (Phi) is 0.729. The Balaban J connectivity index is 2.06. The van der Waals surface area contributed by atoms with Crippen LogP contribution in [0.4, 0.5) is 0 Å². The fourth-order valence-corrected chi connectivity index (χ4v) is 1.80. The number of hydrogen-bond acceptors (Lipinski definition) is 2. The summed E-state index contributed by atoms with van der Waals surface area (Å²) in [5.41, 5.74) is 0. The summed E-state index contributed by atoms with van der Waals surface area (Å²) in [6.45, 7) is 0. The van der Waals surface area contributed by atoms with Gasteiger partial charge < -0.3 is 0 Å². The summed E-state index contributed by atoms with van der Waals surface area (Å²) in [5.74, 6) is 1.62. The van der Waals surface area contributed by atoms with Gasteiger partial charge in [-0.3, -0.25) is 0 Å². The zero-order valence-electron chi connectivity index (χ0n) is 4.71. The lowest BCUT2D eigenvalue weighted by molar-refractivity contribution is 0.612. The minimum absolute atomic E-state index is 0.208. The van der Waals surface area contributed by atoms with Crippen LogP contribution in [0.5, 0.6) is 0 Å². The predicted molar refractivity (Wildman–Crippen MR) is 30.4 cm³/mol. The third-order valence-electron chi connectivity index (χ3n) is 2.44. The molecular weight excluding hydrogens is 102 g/mol. The van der Waals surface area contributed by atoms with Crippen LogP contribution in [-0.2, 0) is 0 Å². The summed E-state index contributed by atoms with van der Waals surface area (Å²) in [6.07, 6.45) is 3.62. The van der Waals surface area contributed by atoms with E-state index in [4.69, 9.17) is 0 Å². The Morgan fingerprint density at radius 2 is 2.25 bits per heavy atom. The number of nitrogens with zero attached hydrogens (tertiary/aromatic N) is 1. The molecule has 3 atom stereocenters. The summed E-state index contributed by atoms with van der Waals surface area (Å²) in [6, 6.07) is 0.208. The molecule has 44 valence electrons. The van der Waals surface area contributed by atoms with Crippen molar-refractivity contribution in [3.8, 4) is 0 Å². The van der Waals surface area contributed by atoms with E-state index >= 15 is 0 Å². The summed E-state index contributed by atoms with van der Waals surface area (Å²) in [4.78, 5) is 9.99. The Morgan fingerprint density at radius 3 is 2.50 bits per heavy atom. The van der Waals surface area contributed by atoms with E-state index in [1.807, 2.05) is 0 Å². The van der Waals surface area contributed by atoms with Crippen LogP contribution in [0.25, 0.3) is 0 Å². The maximum absolute atomic E-state index is 9.99. The van der Waals surface area contributed by atoms with Gasteiger partial charge in [0.15, 0.2) is 0 Å². The van der Waals surface area contributed by atoms with Gasteiger partial charge in [-0.1, -0.05) is 5.18 Å². The molecule has 0 aromatic heterocycles. The first kappa shape index (κ1) is 4.48. The van der Waals surface area contributed by atoms with Crippen molar-refractivity contribution >= 4 is 0 Å². The first-order valence-corrected chi connectivity index (χ1v) is 3.24. The van der Waals surface area contributed by atoms with Crippen LogP contribution in [0.3, 0.4) is 0 Å². The second kappa shape index (κ2) is 1.30. The number of rotatable bonds is 1. The molecule has 0 aromatic rings. The van der Waals surface area contributed by atoms with Crippen molar-refractivity contribution in [2.24, 2.45) is 17.0 Å². The average molecular weight is 111 g/mol. The Hall–Kier alpha value is -0.400. The van der Waals surface area contributed by atoms with Gasteiger partial charge in [0.2, 0.25) is 0 Å². The molecular formula is C6H9NO. The molecule has 8 heavy (non-hydrogen) atoms. The van der Waals surface area contributed by atoms with Gasteiger partial charge in [0.1, 0.15) is 0 Å². The highest BCUT2D eigenvalue weighted by molar-refractivity contribution is 5.00. The maximum atomic E-state index is 9.99. The van der Waals surface area contributed by atoms with Gasteiger partial charge in [-0.05, 0) is 31.1 Å². The maximum Gasteiger partial charge on any atom is 0.0950 e. The van der Waals surface area contributed by atoms with Crippen LogP contribution in [0.2, 0.25) is 0 Å². The highest BCUT2D eigenvalue weighted by atomic mass is 16.3.